The van der Waals surface area contributed by atoms with E-state index >= 15 is 0 Å². The largest absolute Gasteiger partial charge is 0.457 e. The molecule has 0 fully saturated rings. The molecule has 2 rings (SSSR count). The van der Waals surface area contributed by atoms with E-state index in [1.165, 1.54) is 42.5 Å². The van der Waals surface area contributed by atoms with Gasteiger partial charge in [0.15, 0.2) is 0 Å². The number of aliphatic imine (C=N–C) groups is 1. The Bertz CT molecular complexity index is 813. The minimum atomic E-state index is -0.774. The van der Waals surface area contributed by atoms with Crippen molar-refractivity contribution in [2.24, 2.45) is 4.99 Å². The van der Waals surface area contributed by atoms with Crippen molar-refractivity contribution in [2.45, 2.75) is 6.61 Å². The third kappa shape index (κ3) is 3.78. The van der Waals surface area contributed by atoms with Gasteiger partial charge in [-0.2, -0.15) is 4.99 Å². The topological polar surface area (TPSA) is 125 Å². The fourth-order valence-electron chi connectivity index (χ4n) is 1.88. The summed E-state index contributed by atoms with van der Waals surface area (Å²) in [6, 6.07) is 10.0. The Balaban J connectivity index is 2.19. The van der Waals surface area contributed by atoms with Gasteiger partial charge in [0.25, 0.3) is 5.69 Å². The van der Waals surface area contributed by atoms with Crippen molar-refractivity contribution in [3.8, 4) is 0 Å². The monoisotopic (exact) mass is 313 g/mol. The Kier molecular flexibility index (Phi) is 4.81. The first-order valence-corrected chi connectivity index (χ1v) is 6.39. The van der Waals surface area contributed by atoms with Crippen molar-refractivity contribution in [3.63, 3.8) is 0 Å². The van der Waals surface area contributed by atoms with E-state index in [1.807, 2.05) is 0 Å². The second-order valence-electron chi connectivity index (χ2n) is 4.44. The lowest BCUT2D eigenvalue weighted by molar-refractivity contribution is -0.385. The molecule has 0 aliphatic heterocycles. The lowest BCUT2D eigenvalue weighted by atomic mass is 10.1. The van der Waals surface area contributed by atoms with E-state index in [4.69, 9.17) is 10.5 Å². The van der Waals surface area contributed by atoms with Crippen molar-refractivity contribution in [1.29, 1.82) is 0 Å². The Morgan fingerprint density at radius 1 is 1.30 bits per heavy atom. The number of nitrogen functional groups attached to an aromatic ring is 1. The molecule has 8 nitrogen and oxygen atoms in total. The van der Waals surface area contributed by atoms with Crippen LogP contribution in [0.1, 0.15) is 15.9 Å². The van der Waals surface area contributed by atoms with Gasteiger partial charge < -0.3 is 10.5 Å². The molecule has 116 valence electrons. The molecule has 2 aromatic rings. The van der Waals surface area contributed by atoms with Crippen LogP contribution in [0.25, 0.3) is 0 Å². The number of anilines is 1. The summed E-state index contributed by atoms with van der Waals surface area (Å²) in [6.45, 7) is -0.281. The van der Waals surface area contributed by atoms with E-state index in [0.717, 1.165) is 0 Å². The van der Waals surface area contributed by atoms with Crippen molar-refractivity contribution in [2.75, 3.05) is 5.73 Å². The number of nitro benzene ring substituents is 1. The summed E-state index contributed by atoms with van der Waals surface area (Å²) in [4.78, 5) is 36.0. The summed E-state index contributed by atoms with van der Waals surface area (Å²) in [5.41, 5.74) is 6.15. The van der Waals surface area contributed by atoms with E-state index < -0.39 is 10.9 Å². The highest BCUT2D eigenvalue weighted by atomic mass is 16.6. The number of benzene rings is 2. The maximum absolute atomic E-state index is 12.1. The quantitative estimate of drug-likeness (QED) is 0.226. The van der Waals surface area contributed by atoms with Crippen molar-refractivity contribution in [3.05, 3.63) is 63.7 Å². The van der Waals surface area contributed by atoms with Gasteiger partial charge in [-0.3, -0.25) is 10.1 Å². The normalized spacial score (nSPS) is 9.74. The number of carbonyl (C=O) groups excluding carboxylic acids is 2. The third-order valence-electron chi connectivity index (χ3n) is 2.98. The minimum Gasteiger partial charge on any atom is -0.457 e. The van der Waals surface area contributed by atoms with Crippen LogP contribution in [-0.4, -0.2) is 17.0 Å². The summed E-state index contributed by atoms with van der Waals surface area (Å²) in [5.74, 6) is -0.774. The number of nitro groups is 1. The molecule has 2 N–H and O–H groups in total. The fraction of sp³-hybridized carbons (Fsp3) is 0.0667. The molecule has 0 radical (unpaired) electrons. The number of nitrogens with zero attached hydrogens (tertiary/aromatic N) is 2. The molecule has 0 aliphatic carbocycles. The van der Waals surface area contributed by atoms with Gasteiger partial charge in [-0.15, -0.1) is 0 Å². The lowest BCUT2D eigenvalue weighted by Gasteiger charge is -2.08. The highest BCUT2D eigenvalue weighted by molar-refractivity contribution is 5.96. The summed E-state index contributed by atoms with van der Waals surface area (Å²) >= 11 is 0. The van der Waals surface area contributed by atoms with E-state index in [-0.39, 0.29) is 34.8 Å². The van der Waals surface area contributed by atoms with Crippen molar-refractivity contribution in [1.82, 2.24) is 0 Å². The first-order chi connectivity index (χ1) is 11.0. The van der Waals surface area contributed by atoms with Crippen LogP contribution in [0.2, 0.25) is 0 Å². The van der Waals surface area contributed by atoms with Gasteiger partial charge >= 0.3 is 5.97 Å². The van der Waals surface area contributed by atoms with Crippen LogP contribution in [0, 0.1) is 10.1 Å². The molecule has 0 atom stereocenters. The smallest absolute Gasteiger partial charge is 0.340 e. The number of para-hydroxylation sites is 1. The van der Waals surface area contributed by atoms with Crippen molar-refractivity contribution < 1.29 is 19.2 Å². The predicted octanol–water partition coefficient (Wildman–Crippen LogP) is 2.50. The lowest BCUT2D eigenvalue weighted by Crippen LogP contribution is -2.09. The first kappa shape index (κ1) is 15.9. The molecule has 0 bridgehead atoms. The van der Waals surface area contributed by atoms with Crippen LogP contribution in [-0.2, 0) is 16.1 Å². The molecule has 23 heavy (non-hydrogen) atoms. The van der Waals surface area contributed by atoms with Gasteiger partial charge in [0, 0.05) is 11.8 Å². The molecule has 0 aromatic heterocycles. The molecular weight excluding hydrogens is 302 g/mol. The SMILES string of the molecule is Nc1ccc(N=C=O)cc1C(=O)OCc1ccccc1[N+](=O)[O-]. The zero-order valence-electron chi connectivity index (χ0n) is 11.8. The minimum absolute atomic E-state index is 0.0140. The second kappa shape index (κ2) is 6.97. The number of nitrogens with two attached hydrogens (primary N) is 1. The van der Waals surface area contributed by atoms with E-state index in [0.29, 0.717) is 0 Å². The van der Waals surface area contributed by atoms with Gasteiger partial charge in [0.1, 0.15) is 6.61 Å². The van der Waals surface area contributed by atoms with Gasteiger partial charge in [-0.25, -0.2) is 9.59 Å². The molecule has 0 unspecified atom stereocenters. The highest BCUT2D eigenvalue weighted by Crippen LogP contribution is 2.23. The zero-order valence-corrected chi connectivity index (χ0v) is 11.8. The van der Waals surface area contributed by atoms with E-state index in [2.05, 4.69) is 4.99 Å². The molecular formula is C15H11N3O5. The number of hydrogen-bond acceptors (Lipinski definition) is 7. The van der Waals surface area contributed by atoms with Crippen LogP contribution in [0.15, 0.2) is 47.5 Å². The number of ether oxygens (including phenoxy) is 1. The number of esters is 1. The van der Waals surface area contributed by atoms with E-state index in [1.54, 1.807) is 6.07 Å². The number of carbonyl (C=O) groups is 1. The van der Waals surface area contributed by atoms with E-state index in [9.17, 15) is 19.7 Å². The molecule has 8 heteroatoms. The van der Waals surface area contributed by atoms with Gasteiger partial charge in [-0.1, -0.05) is 12.1 Å². The average Bonchev–Trinajstić information content (AvgIpc) is 2.54. The molecule has 0 aliphatic rings. The molecule has 0 amide bonds. The number of hydrogen-bond donors (Lipinski definition) is 1. The molecule has 0 spiro atoms. The number of rotatable bonds is 5. The standard InChI is InChI=1S/C15H11N3O5/c16-13-6-5-11(17-9-19)7-12(13)15(20)23-8-10-3-1-2-4-14(10)18(21)22/h1-7H,8,16H2. The summed E-state index contributed by atoms with van der Waals surface area (Å²) in [5, 5.41) is 10.9. The average molecular weight is 313 g/mol. The van der Waals surface area contributed by atoms with Crippen LogP contribution in [0.4, 0.5) is 17.1 Å². The second-order valence-corrected chi connectivity index (χ2v) is 4.44. The Labute approximate surface area is 130 Å². The van der Waals surface area contributed by atoms with Crippen LogP contribution < -0.4 is 5.73 Å². The van der Waals surface area contributed by atoms with Crippen LogP contribution in [0.5, 0.6) is 0 Å². The Morgan fingerprint density at radius 2 is 2.04 bits per heavy atom. The number of isocyanates is 1. The third-order valence-corrected chi connectivity index (χ3v) is 2.98. The summed E-state index contributed by atoms with van der Waals surface area (Å²) in [6.07, 6.45) is 1.35. The highest BCUT2D eigenvalue weighted by Gasteiger charge is 2.16. The van der Waals surface area contributed by atoms with Gasteiger partial charge in [0.2, 0.25) is 6.08 Å². The van der Waals surface area contributed by atoms with Gasteiger partial charge in [0.05, 0.1) is 21.7 Å². The molecule has 0 heterocycles. The first-order valence-electron chi connectivity index (χ1n) is 6.39. The molecule has 2 aromatic carbocycles. The Hall–Kier alpha value is -3.51. The summed E-state index contributed by atoms with van der Waals surface area (Å²) < 4.78 is 5.06. The predicted molar refractivity (Wildman–Crippen MR) is 80.9 cm³/mol. The maximum Gasteiger partial charge on any atom is 0.340 e. The zero-order chi connectivity index (χ0) is 16.8. The van der Waals surface area contributed by atoms with Crippen LogP contribution in [0.3, 0.4) is 0 Å². The molecule has 0 saturated carbocycles. The fourth-order valence-corrected chi connectivity index (χ4v) is 1.88. The summed E-state index contributed by atoms with van der Waals surface area (Å²) in [7, 11) is 0. The molecule has 0 saturated heterocycles. The van der Waals surface area contributed by atoms with Crippen molar-refractivity contribution >= 4 is 29.1 Å². The van der Waals surface area contributed by atoms with Gasteiger partial charge in [-0.05, 0) is 24.3 Å². The maximum atomic E-state index is 12.1. The Morgan fingerprint density at radius 3 is 2.74 bits per heavy atom. The van der Waals surface area contributed by atoms with Crippen LogP contribution >= 0.6 is 0 Å².